The van der Waals surface area contributed by atoms with Gasteiger partial charge in [0.05, 0.1) is 0 Å². The van der Waals surface area contributed by atoms with Crippen LogP contribution in [0.4, 0.5) is 0 Å². The van der Waals surface area contributed by atoms with Crippen LogP contribution in [0.3, 0.4) is 0 Å². The van der Waals surface area contributed by atoms with E-state index < -0.39 is 0 Å². The molecule has 1 aliphatic rings. The van der Waals surface area contributed by atoms with Gasteiger partial charge in [0.2, 0.25) is 0 Å². The average Bonchev–Trinajstić information content (AvgIpc) is 2.45. The number of carbonyl (C=O) groups is 1. The topological polar surface area (TPSA) is 61.6 Å². The van der Waals surface area contributed by atoms with Crippen molar-refractivity contribution in [1.29, 1.82) is 0 Å². The SMILES string of the molecule is NC1(CCC(=O)OCc2ccccc2)CCOCC1. The van der Waals surface area contributed by atoms with Gasteiger partial charge in [-0.3, -0.25) is 4.79 Å². The largest absolute Gasteiger partial charge is 0.461 e. The molecule has 19 heavy (non-hydrogen) atoms. The van der Waals surface area contributed by atoms with Crippen molar-refractivity contribution in [2.24, 2.45) is 5.73 Å². The summed E-state index contributed by atoms with van der Waals surface area (Å²) in [5, 5.41) is 0. The third-order valence-corrected chi connectivity index (χ3v) is 3.56. The molecular weight excluding hydrogens is 242 g/mol. The zero-order valence-electron chi connectivity index (χ0n) is 11.1. The van der Waals surface area contributed by atoms with Crippen LogP contribution < -0.4 is 5.73 Å². The van der Waals surface area contributed by atoms with Crippen molar-refractivity contribution in [2.75, 3.05) is 13.2 Å². The van der Waals surface area contributed by atoms with Crippen LogP contribution in [-0.4, -0.2) is 24.7 Å². The second-order valence-electron chi connectivity index (χ2n) is 5.12. The van der Waals surface area contributed by atoms with Gasteiger partial charge in [-0.1, -0.05) is 30.3 Å². The predicted molar refractivity (Wildman–Crippen MR) is 72.4 cm³/mol. The molecular formula is C15H21NO3. The van der Waals surface area contributed by atoms with Crippen LogP contribution in [0.2, 0.25) is 0 Å². The van der Waals surface area contributed by atoms with Crippen molar-refractivity contribution in [3.63, 3.8) is 0 Å². The van der Waals surface area contributed by atoms with E-state index in [1.807, 2.05) is 30.3 Å². The van der Waals surface area contributed by atoms with Crippen LogP contribution in [0.5, 0.6) is 0 Å². The molecule has 1 saturated heterocycles. The van der Waals surface area contributed by atoms with Crippen molar-refractivity contribution >= 4 is 5.97 Å². The van der Waals surface area contributed by atoms with Crippen molar-refractivity contribution in [2.45, 2.75) is 37.8 Å². The third-order valence-electron chi connectivity index (χ3n) is 3.56. The first kappa shape index (κ1) is 14.0. The van der Waals surface area contributed by atoms with E-state index in [0.717, 1.165) is 18.4 Å². The van der Waals surface area contributed by atoms with Crippen molar-refractivity contribution in [3.8, 4) is 0 Å². The molecule has 0 unspecified atom stereocenters. The molecule has 0 amide bonds. The molecule has 1 heterocycles. The number of hydrogen-bond acceptors (Lipinski definition) is 4. The molecule has 1 aromatic rings. The molecule has 0 atom stereocenters. The van der Waals surface area contributed by atoms with Crippen molar-refractivity contribution < 1.29 is 14.3 Å². The molecule has 1 aromatic carbocycles. The van der Waals surface area contributed by atoms with E-state index >= 15 is 0 Å². The third kappa shape index (κ3) is 4.65. The summed E-state index contributed by atoms with van der Waals surface area (Å²) in [6, 6.07) is 9.68. The van der Waals surface area contributed by atoms with Crippen LogP contribution in [0, 0.1) is 0 Å². The predicted octanol–water partition coefficient (Wildman–Crippen LogP) is 2.02. The molecule has 1 aliphatic heterocycles. The summed E-state index contributed by atoms with van der Waals surface area (Å²) in [6.45, 7) is 1.71. The minimum absolute atomic E-state index is 0.180. The fourth-order valence-corrected chi connectivity index (χ4v) is 2.19. The normalized spacial score (nSPS) is 17.9. The summed E-state index contributed by atoms with van der Waals surface area (Å²) < 4.78 is 10.5. The minimum atomic E-state index is -0.260. The summed E-state index contributed by atoms with van der Waals surface area (Å²) in [5.41, 5.74) is 6.97. The molecule has 4 heteroatoms. The van der Waals surface area contributed by atoms with E-state index in [4.69, 9.17) is 15.2 Å². The Labute approximate surface area is 113 Å². The Hall–Kier alpha value is -1.39. The van der Waals surface area contributed by atoms with Gasteiger partial charge in [0, 0.05) is 25.2 Å². The highest BCUT2D eigenvalue weighted by atomic mass is 16.5. The molecule has 104 valence electrons. The number of ether oxygens (including phenoxy) is 2. The van der Waals surface area contributed by atoms with Gasteiger partial charge < -0.3 is 15.2 Å². The Bertz CT molecular complexity index is 399. The quantitative estimate of drug-likeness (QED) is 0.826. The van der Waals surface area contributed by atoms with Gasteiger partial charge in [0.15, 0.2) is 0 Å². The Balaban J connectivity index is 1.70. The lowest BCUT2D eigenvalue weighted by Crippen LogP contribution is -2.45. The van der Waals surface area contributed by atoms with Crippen LogP contribution >= 0.6 is 0 Å². The maximum absolute atomic E-state index is 11.7. The van der Waals surface area contributed by atoms with E-state index in [9.17, 15) is 4.79 Å². The number of esters is 1. The first-order valence-corrected chi connectivity index (χ1v) is 6.74. The summed E-state index contributed by atoms with van der Waals surface area (Å²) >= 11 is 0. The molecule has 0 aliphatic carbocycles. The molecule has 0 bridgehead atoms. The first-order chi connectivity index (χ1) is 9.18. The Morgan fingerprint density at radius 1 is 1.26 bits per heavy atom. The van der Waals surface area contributed by atoms with Crippen LogP contribution in [0.25, 0.3) is 0 Å². The van der Waals surface area contributed by atoms with E-state index in [2.05, 4.69) is 0 Å². The van der Waals surface area contributed by atoms with E-state index in [-0.39, 0.29) is 11.5 Å². The molecule has 0 radical (unpaired) electrons. The number of benzene rings is 1. The monoisotopic (exact) mass is 263 g/mol. The highest BCUT2D eigenvalue weighted by molar-refractivity contribution is 5.69. The maximum Gasteiger partial charge on any atom is 0.306 e. The Morgan fingerprint density at radius 2 is 1.95 bits per heavy atom. The Kier molecular flexibility index (Phi) is 4.93. The van der Waals surface area contributed by atoms with Crippen LogP contribution in [0.15, 0.2) is 30.3 Å². The van der Waals surface area contributed by atoms with Gasteiger partial charge in [-0.15, -0.1) is 0 Å². The van der Waals surface area contributed by atoms with E-state index in [0.29, 0.717) is 32.7 Å². The summed E-state index contributed by atoms with van der Waals surface area (Å²) in [6.07, 6.45) is 2.69. The molecule has 2 N–H and O–H groups in total. The highest BCUT2D eigenvalue weighted by Gasteiger charge is 2.28. The zero-order chi connectivity index (χ0) is 13.6. The van der Waals surface area contributed by atoms with Gasteiger partial charge >= 0.3 is 5.97 Å². The van der Waals surface area contributed by atoms with Crippen LogP contribution in [0.1, 0.15) is 31.2 Å². The molecule has 0 aromatic heterocycles. The smallest absolute Gasteiger partial charge is 0.306 e. The summed E-state index contributed by atoms with van der Waals surface area (Å²) in [7, 11) is 0. The van der Waals surface area contributed by atoms with Crippen LogP contribution in [-0.2, 0) is 20.9 Å². The lowest BCUT2D eigenvalue weighted by molar-refractivity contribution is -0.145. The van der Waals surface area contributed by atoms with Gasteiger partial charge in [-0.2, -0.15) is 0 Å². The van der Waals surface area contributed by atoms with Gasteiger partial charge in [-0.25, -0.2) is 0 Å². The van der Waals surface area contributed by atoms with Gasteiger partial charge in [-0.05, 0) is 24.8 Å². The lowest BCUT2D eigenvalue weighted by atomic mass is 9.87. The van der Waals surface area contributed by atoms with Crippen molar-refractivity contribution in [3.05, 3.63) is 35.9 Å². The van der Waals surface area contributed by atoms with Crippen molar-refractivity contribution in [1.82, 2.24) is 0 Å². The zero-order valence-corrected chi connectivity index (χ0v) is 11.1. The molecule has 4 nitrogen and oxygen atoms in total. The number of hydrogen-bond donors (Lipinski definition) is 1. The molecule has 2 rings (SSSR count). The van der Waals surface area contributed by atoms with Gasteiger partial charge in [0.25, 0.3) is 0 Å². The average molecular weight is 263 g/mol. The minimum Gasteiger partial charge on any atom is -0.461 e. The molecule has 0 spiro atoms. The standard InChI is InChI=1S/C15H21NO3/c16-15(8-10-18-11-9-15)7-6-14(17)19-12-13-4-2-1-3-5-13/h1-5H,6-12,16H2. The number of carbonyl (C=O) groups excluding carboxylic acids is 1. The van der Waals surface area contributed by atoms with E-state index in [1.165, 1.54) is 0 Å². The second-order valence-corrected chi connectivity index (χ2v) is 5.12. The molecule has 1 fully saturated rings. The highest BCUT2D eigenvalue weighted by Crippen LogP contribution is 2.23. The fraction of sp³-hybridized carbons (Fsp3) is 0.533. The Morgan fingerprint density at radius 3 is 2.63 bits per heavy atom. The maximum atomic E-state index is 11.7. The lowest BCUT2D eigenvalue weighted by Gasteiger charge is -2.33. The number of rotatable bonds is 5. The first-order valence-electron chi connectivity index (χ1n) is 6.74. The fourth-order valence-electron chi connectivity index (χ4n) is 2.19. The summed E-state index contributed by atoms with van der Waals surface area (Å²) in [5.74, 6) is -0.180. The van der Waals surface area contributed by atoms with E-state index in [1.54, 1.807) is 0 Å². The second kappa shape index (κ2) is 6.68. The van der Waals surface area contributed by atoms with Gasteiger partial charge in [0.1, 0.15) is 6.61 Å². The summed E-state index contributed by atoms with van der Waals surface area (Å²) in [4.78, 5) is 11.7. The number of nitrogens with two attached hydrogens (primary N) is 1. The molecule has 0 saturated carbocycles.